The third-order valence-electron chi connectivity index (χ3n) is 4.20. The maximum absolute atomic E-state index is 13.2. The fraction of sp³-hybridized carbons (Fsp3) is 0.150. The number of carbonyl (C=O) groups is 1. The van der Waals surface area contributed by atoms with Gasteiger partial charge in [0.05, 0.1) is 15.8 Å². The molecule has 0 bridgehead atoms. The predicted molar refractivity (Wildman–Crippen MR) is 114 cm³/mol. The highest BCUT2D eigenvalue weighted by molar-refractivity contribution is 7.11. The largest absolute Gasteiger partial charge is 0.458 e. The Morgan fingerprint density at radius 1 is 1.32 bits per heavy atom. The number of hydrogen-bond acceptors (Lipinski definition) is 7. The third kappa shape index (κ3) is 3.34. The number of thiophene rings is 2. The number of hydrogen-bond donors (Lipinski definition) is 0. The minimum absolute atomic E-state index is 0.107. The normalized spacial score (nSPS) is 16.6. The molecule has 0 fully saturated rings. The summed E-state index contributed by atoms with van der Waals surface area (Å²) in [6, 6.07) is 7.19. The van der Waals surface area contributed by atoms with E-state index in [1.807, 2.05) is 41.1 Å². The number of nitrogens with zero attached hydrogens (tertiary/aromatic N) is 2. The second-order valence-corrected chi connectivity index (χ2v) is 8.97. The molecule has 0 radical (unpaired) electrons. The molecule has 4 rings (SSSR count). The fourth-order valence-corrected chi connectivity index (χ4v) is 5.61. The highest BCUT2D eigenvalue weighted by atomic mass is 32.1. The third-order valence-corrected chi connectivity index (χ3v) is 6.93. The van der Waals surface area contributed by atoms with Gasteiger partial charge in [-0.3, -0.25) is 9.36 Å². The van der Waals surface area contributed by atoms with Crippen LogP contribution in [0.3, 0.4) is 0 Å². The van der Waals surface area contributed by atoms with Crippen molar-refractivity contribution in [1.29, 1.82) is 0 Å². The highest BCUT2D eigenvalue weighted by Gasteiger charge is 2.33. The second kappa shape index (κ2) is 7.83. The number of aromatic nitrogens is 1. The van der Waals surface area contributed by atoms with E-state index in [4.69, 9.17) is 4.74 Å². The van der Waals surface area contributed by atoms with Crippen LogP contribution in [0.15, 0.2) is 68.7 Å². The van der Waals surface area contributed by atoms with Crippen LogP contribution in [0.2, 0.25) is 0 Å². The number of fused-ring (bicyclic) bond motifs is 1. The molecule has 28 heavy (non-hydrogen) atoms. The quantitative estimate of drug-likeness (QED) is 0.464. The van der Waals surface area contributed by atoms with E-state index in [1.54, 1.807) is 22.8 Å². The van der Waals surface area contributed by atoms with Crippen molar-refractivity contribution in [1.82, 2.24) is 4.57 Å². The average molecular weight is 429 g/mol. The molecule has 5 nitrogen and oxygen atoms in total. The van der Waals surface area contributed by atoms with Crippen LogP contribution in [-0.4, -0.2) is 17.1 Å². The first-order chi connectivity index (χ1) is 13.6. The minimum Gasteiger partial charge on any atom is -0.458 e. The molecule has 3 aromatic heterocycles. The first kappa shape index (κ1) is 18.8. The Morgan fingerprint density at radius 3 is 2.79 bits per heavy atom. The van der Waals surface area contributed by atoms with Crippen LogP contribution in [0.25, 0.3) is 6.08 Å². The average Bonchev–Trinajstić information content (AvgIpc) is 3.42. The zero-order valence-electron chi connectivity index (χ0n) is 15.0. The number of ether oxygens (including phenoxy) is 1. The molecule has 1 aliphatic rings. The van der Waals surface area contributed by atoms with Gasteiger partial charge in [-0.15, -0.1) is 22.7 Å². The molecule has 8 heteroatoms. The van der Waals surface area contributed by atoms with Crippen molar-refractivity contribution in [2.75, 3.05) is 6.61 Å². The maximum Gasteiger partial charge on any atom is 0.338 e. The summed E-state index contributed by atoms with van der Waals surface area (Å²) in [4.78, 5) is 33.0. The Hall–Kier alpha value is -2.55. The molecule has 0 aliphatic carbocycles. The van der Waals surface area contributed by atoms with Gasteiger partial charge >= 0.3 is 5.97 Å². The molecule has 1 aliphatic heterocycles. The summed E-state index contributed by atoms with van der Waals surface area (Å²) in [6.45, 7) is 5.47. The Morgan fingerprint density at radius 2 is 2.11 bits per heavy atom. The van der Waals surface area contributed by atoms with Gasteiger partial charge in [0.25, 0.3) is 5.56 Å². The lowest BCUT2D eigenvalue weighted by Gasteiger charge is -2.23. The molecular formula is C20H16N2O3S3. The lowest BCUT2D eigenvalue weighted by Crippen LogP contribution is -2.39. The van der Waals surface area contributed by atoms with Gasteiger partial charge in [-0.2, -0.15) is 0 Å². The van der Waals surface area contributed by atoms with E-state index in [9.17, 15) is 9.59 Å². The maximum atomic E-state index is 13.2. The van der Waals surface area contributed by atoms with Crippen molar-refractivity contribution in [2.24, 2.45) is 4.99 Å². The fourth-order valence-electron chi connectivity index (χ4n) is 3.01. The van der Waals surface area contributed by atoms with E-state index < -0.39 is 12.0 Å². The molecule has 0 spiro atoms. The molecule has 0 saturated carbocycles. The summed E-state index contributed by atoms with van der Waals surface area (Å²) in [6.07, 6.45) is 3.39. The summed E-state index contributed by atoms with van der Waals surface area (Å²) in [5.41, 5.74) is 0.799. The Balaban J connectivity index is 1.92. The SMILES string of the molecule is C=CCOC(=O)C1=C(C)N=c2s/c(=C\c3cccs3)c(=O)n2[C@H]1c1cccs1. The van der Waals surface area contributed by atoms with E-state index in [0.29, 0.717) is 20.6 Å². The van der Waals surface area contributed by atoms with Crippen LogP contribution >= 0.6 is 34.0 Å². The first-order valence-corrected chi connectivity index (χ1v) is 11.0. The Bertz CT molecular complexity index is 1230. The van der Waals surface area contributed by atoms with E-state index in [-0.39, 0.29) is 12.2 Å². The zero-order chi connectivity index (χ0) is 19.7. The minimum atomic E-state index is -0.543. The van der Waals surface area contributed by atoms with Gasteiger partial charge in [0.2, 0.25) is 0 Å². The number of esters is 1. The molecule has 1 atom stereocenters. The van der Waals surface area contributed by atoms with Crippen molar-refractivity contribution < 1.29 is 9.53 Å². The molecule has 0 unspecified atom stereocenters. The molecule has 0 aromatic carbocycles. The zero-order valence-corrected chi connectivity index (χ0v) is 17.4. The number of thiazole rings is 1. The topological polar surface area (TPSA) is 60.7 Å². The highest BCUT2D eigenvalue weighted by Crippen LogP contribution is 2.33. The van der Waals surface area contributed by atoms with Gasteiger partial charge < -0.3 is 4.74 Å². The van der Waals surface area contributed by atoms with Crippen molar-refractivity contribution in [3.05, 3.63) is 88.4 Å². The predicted octanol–water partition coefficient (Wildman–Crippen LogP) is 3.09. The van der Waals surface area contributed by atoms with Crippen LogP contribution in [-0.2, 0) is 9.53 Å². The Labute approximate surface area is 172 Å². The van der Waals surface area contributed by atoms with E-state index in [2.05, 4.69) is 11.6 Å². The smallest absolute Gasteiger partial charge is 0.338 e. The molecule has 3 aromatic rings. The van der Waals surface area contributed by atoms with Crippen molar-refractivity contribution >= 4 is 46.1 Å². The first-order valence-electron chi connectivity index (χ1n) is 8.47. The summed E-state index contributed by atoms with van der Waals surface area (Å²) in [5, 5.41) is 3.90. The van der Waals surface area contributed by atoms with Crippen LogP contribution in [0.1, 0.15) is 22.7 Å². The summed E-state index contributed by atoms with van der Waals surface area (Å²) in [5.74, 6) is -0.480. The van der Waals surface area contributed by atoms with Gasteiger partial charge in [-0.05, 0) is 35.9 Å². The number of allylic oxidation sites excluding steroid dienone is 1. The molecule has 0 saturated heterocycles. The lowest BCUT2D eigenvalue weighted by molar-refractivity contribution is -0.138. The van der Waals surface area contributed by atoms with E-state index in [1.165, 1.54) is 28.7 Å². The summed E-state index contributed by atoms with van der Waals surface area (Å²) >= 11 is 4.40. The van der Waals surface area contributed by atoms with Crippen LogP contribution in [0.4, 0.5) is 0 Å². The van der Waals surface area contributed by atoms with Gasteiger partial charge in [-0.1, -0.05) is 36.1 Å². The molecule has 142 valence electrons. The molecule has 0 amide bonds. The van der Waals surface area contributed by atoms with Gasteiger partial charge in [0, 0.05) is 9.75 Å². The summed E-state index contributed by atoms with van der Waals surface area (Å²) < 4.78 is 7.49. The van der Waals surface area contributed by atoms with Crippen molar-refractivity contribution in [2.45, 2.75) is 13.0 Å². The van der Waals surface area contributed by atoms with E-state index >= 15 is 0 Å². The van der Waals surface area contributed by atoms with Gasteiger partial charge in [-0.25, -0.2) is 9.79 Å². The van der Waals surface area contributed by atoms with E-state index in [0.717, 1.165) is 9.75 Å². The summed E-state index contributed by atoms with van der Waals surface area (Å²) in [7, 11) is 0. The van der Waals surface area contributed by atoms with Crippen LogP contribution < -0.4 is 14.9 Å². The number of rotatable bonds is 5. The molecular weight excluding hydrogens is 412 g/mol. The van der Waals surface area contributed by atoms with Gasteiger partial charge in [0.15, 0.2) is 4.80 Å². The lowest BCUT2D eigenvalue weighted by atomic mass is 10.0. The monoisotopic (exact) mass is 428 g/mol. The van der Waals surface area contributed by atoms with Crippen LogP contribution in [0.5, 0.6) is 0 Å². The van der Waals surface area contributed by atoms with Crippen molar-refractivity contribution in [3.63, 3.8) is 0 Å². The standard InChI is InChI=1S/C20H16N2O3S3/c1-3-8-25-19(24)16-12(2)21-20-22(17(16)14-7-5-10-27-14)18(23)15(28-20)11-13-6-4-9-26-13/h3-7,9-11,17H,1,8H2,2H3/b15-11-/t17-/m0/s1. The van der Waals surface area contributed by atoms with Crippen molar-refractivity contribution in [3.8, 4) is 0 Å². The molecule has 0 N–H and O–H groups in total. The Kier molecular flexibility index (Phi) is 5.25. The van der Waals surface area contributed by atoms with Gasteiger partial charge in [0.1, 0.15) is 12.6 Å². The molecule has 4 heterocycles. The van der Waals surface area contributed by atoms with Crippen LogP contribution in [0, 0.1) is 0 Å². The second-order valence-electron chi connectivity index (χ2n) is 6.00. The number of carbonyl (C=O) groups excluding carboxylic acids is 1.